The number of likely N-dealkylation sites (N-methyl/N-ethyl adjacent to an activating group) is 1. The van der Waals surface area contributed by atoms with Crippen molar-refractivity contribution in [3.8, 4) is 0 Å². The van der Waals surface area contributed by atoms with Crippen molar-refractivity contribution in [2.24, 2.45) is 0 Å². The van der Waals surface area contributed by atoms with Crippen molar-refractivity contribution in [3.05, 3.63) is 60.8 Å². The second-order valence-corrected chi connectivity index (χ2v) is 31.3. The summed E-state index contributed by atoms with van der Waals surface area (Å²) in [6.45, 7) is 4.48. The molecule has 0 radical (unpaired) electrons. The van der Waals surface area contributed by atoms with Gasteiger partial charge in [-0.1, -0.05) is 389 Å². The number of ether oxygens (including phenoxy) is 2. The Labute approximate surface area is 597 Å². The highest BCUT2D eigenvalue weighted by Crippen LogP contribution is 2.43. The first-order valence-corrected chi connectivity index (χ1v) is 43.5. The molecule has 2 atom stereocenters. The highest BCUT2D eigenvalue weighted by atomic mass is 31.2. The van der Waals surface area contributed by atoms with E-state index in [-0.39, 0.29) is 25.6 Å². The largest absolute Gasteiger partial charge is 0.472 e. The molecule has 0 aliphatic heterocycles. The summed E-state index contributed by atoms with van der Waals surface area (Å²) in [5, 5.41) is 0. The number of rotatable bonds is 79. The Balaban J connectivity index is 3.89. The third-order valence-corrected chi connectivity index (χ3v) is 20.0. The molecule has 0 heterocycles. The molecule has 0 aromatic heterocycles. The minimum Gasteiger partial charge on any atom is -0.462 e. The number of phosphoric acid groups is 1. The van der Waals surface area contributed by atoms with Crippen LogP contribution in [0.4, 0.5) is 0 Å². The summed E-state index contributed by atoms with van der Waals surface area (Å²) in [5.41, 5.74) is 0. The number of carbonyl (C=O) groups is 2. The monoisotopic (exact) mass is 1370 g/mol. The number of phosphoric ester groups is 1. The van der Waals surface area contributed by atoms with Gasteiger partial charge in [0.2, 0.25) is 0 Å². The van der Waals surface area contributed by atoms with Crippen molar-refractivity contribution in [1.82, 2.24) is 0 Å². The van der Waals surface area contributed by atoms with Gasteiger partial charge in [0, 0.05) is 12.8 Å². The van der Waals surface area contributed by atoms with Gasteiger partial charge in [0.1, 0.15) is 19.8 Å². The zero-order valence-corrected chi connectivity index (χ0v) is 65.5. The van der Waals surface area contributed by atoms with E-state index < -0.39 is 26.5 Å². The van der Waals surface area contributed by atoms with Crippen LogP contribution < -0.4 is 0 Å². The van der Waals surface area contributed by atoms with E-state index in [2.05, 4.69) is 74.6 Å². The van der Waals surface area contributed by atoms with Crippen molar-refractivity contribution in [1.29, 1.82) is 0 Å². The Morgan fingerprint density at radius 3 is 0.833 bits per heavy atom. The van der Waals surface area contributed by atoms with Gasteiger partial charge in [0.05, 0.1) is 27.7 Å². The molecule has 0 saturated carbocycles. The summed E-state index contributed by atoms with van der Waals surface area (Å²) >= 11 is 0. The predicted molar refractivity (Wildman–Crippen MR) is 418 cm³/mol. The number of hydrogen-bond acceptors (Lipinski definition) is 7. The lowest BCUT2D eigenvalue weighted by Gasteiger charge is -2.24. The molecular formula is C86H163NO8P+. The quantitative estimate of drug-likeness (QED) is 0.0211. The molecule has 1 N–H and O–H groups in total. The summed E-state index contributed by atoms with van der Waals surface area (Å²) in [6, 6.07) is 0. The molecular weight excluding hydrogens is 1210 g/mol. The van der Waals surface area contributed by atoms with Gasteiger partial charge in [-0.15, -0.1) is 0 Å². The van der Waals surface area contributed by atoms with Crippen molar-refractivity contribution < 1.29 is 42.1 Å². The molecule has 0 aromatic carbocycles. The second-order valence-electron chi connectivity index (χ2n) is 29.9. The Hall–Kier alpha value is -2.29. The fraction of sp³-hybridized carbons (Fsp3) is 0.860. The van der Waals surface area contributed by atoms with Gasteiger partial charge in [-0.2, -0.15) is 0 Å². The van der Waals surface area contributed by atoms with Crippen LogP contribution in [-0.2, 0) is 32.7 Å². The Morgan fingerprint density at radius 1 is 0.323 bits per heavy atom. The van der Waals surface area contributed by atoms with Crippen LogP contribution in [0.2, 0.25) is 0 Å². The smallest absolute Gasteiger partial charge is 0.462 e. The van der Waals surface area contributed by atoms with E-state index in [1.54, 1.807) is 0 Å². The summed E-state index contributed by atoms with van der Waals surface area (Å²) in [6.07, 6.45) is 104. The van der Waals surface area contributed by atoms with Crippen LogP contribution in [-0.4, -0.2) is 74.9 Å². The number of hydrogen-bond donors (Lipinski definition) is 1. The molecule has 0 fully saturated rings. The number of carbonyl (C=O) groups excluding carboxylic acids is 2. The van der Waals surface area contributed by atoms with Crippen molar-refractivity contribution in [2.45, 2.75) is 431 Å². The molecule has 96 heavy (non-hydrogen) atoms. The molecule has 0 saturated heterocycles. The van der Waals surface area contributed by atoms with E-state index in [1.807, 2.05) is 21.1 Å². The van der Waals surface area contributed by atoms with Gasteiger partial charge in [0.25, 0.3) is 0 Å². The zero-order valence-electron chi connectivity index (χ0n) is 64.6. The average molecular weight is 1370 g/mol. The number of nitrogens with zero attached hydrogens (tertiary/aromatic N) is 1. The maximum absolute atomic E-state index is 12.9. The minimum atomic E-state index is -4.40. The topological polar surface area (TPSA) is 108 Å². The van der Waals surface area contributed by atoms with Crippen LogP contribution in [0.5, 0.6) is 0 Å². The normalized spacial score (nSPS) is 13.3. The third kappa shape index (κ3) is 80.7. The van der Waals surface area contributed by atoms with E-state index in [9.17, 15) is 19.0 Å². The van der Waals surface area contributed by atoms with Crippen molar-refractivity contribution in [3.63, 3.8) is 0 Å². The van der Waals surface area contributed by atoms with E-state index in [4.69, 9.17) is 18.5 Å². The van der Waals surface area contributed by atoms with Crippen LogP contribution in [0.3, 0.4) is 0 Å². The number of quaternary nitrogens is 1. The lowest BCUT2D eigenvalue weighted by Crippen LogP contribution is -2.37. The first-order valence-electron chi connectivity index (χ1n) is 42.0. The summed E-state index contributed by atoms with van der Waals surface area (Å²) in [5.74, 6) is -0.774. The number of unbranched alkanes of at least 4 members (excludes halogenated alkanes) is 55. The SMILES string of the molecule is CCCCCCC/C=C\C/C=C\C/C=C\CCCCCCCCCCCCCCCCCCCCC(=O)OC(COC(=O)CCCCCCCCCCCCCCCCCCCCCCCCCCCCC/C=C\C/C=C\CCCCCCC)COP(=O)(O)OCC[N+](C)(C)C. The highest BCUT2D eigenvalue weighted by Gasteiger charge is 2.27. The van der Waals surface area contributed by atoms with Crippen LogP contribution in [0.25, 0.3) is 0 Å². The Morgan fingerprint density at radius 2 is 0.562 bits per heavy atom. The van der Waals surface area contributed by atoms with E-state index in [0.717, 1.165) is 51.4 Å². The average Bonchev–Trinajstić information content (AvgIpc) is 1.48. The molecule has 0 aliphatic carbocycles. The summed E-state index contributed by atoms with van der Waals surface area (Å²) in [7, 11) is 1.50. The highest BCUT2D eigenvalue weighted by molar-refractivity contribution is 7.47. The van der Waals surface area contributed by atoms with Crippen molar-refractivity contribution >= 4 is 19.8 Å². The molecule has 10 heteroatoms. The van der Waals surface area contributed by atoms with Crippen LogP contribution in [0.1, 0.15) is 425 Å². The molecule has 0 spiro atoms. The van der Waals surface area contributed by atoms with E-state index in [0.29, 0.717) is 23.9 Å². The van der Waals surface area contributed by atoms with E-state index >= 15 is 0 Å². The maximum Gasteiger partial charge on any atom is 0.472 e. The summed E-state index contributed by atoms with van der Waals surface area (Å²) < 4.78 is 34.9. The molecule has 0 amide bonds. The molecule has 0 aromatic rings. The second kappa shape index (κ2) is 76.9. The number of esters is 2. The van der Waals surface area contributed by atoms with Crippen LogP contribution in [0.15, 0.2) is 60.8 Å². The first kappa shape index (κ1) is 93.7. The fourth-order valence-electron chi connectivity index (χ4n) is 12.6. The van der Waals surface area contributed by atoms with Gasteiger partial charge < -0.3 is 18.9 Å². The Kier molecular flexibility index (Phi) is 75.0. The molecule has 0 bridgehead atoms. The number of allylic oxidation sites excluding steroid dienone is 10. The fourth-order valence-corrected chi connectivity index (χ4v) is 13.3. The standard InChI is InChI=1S/C86H162NO8P/c1-6-8-10-12-14-16-18-20-22-24-26-28-30-32-34-36-38-40-41-42-43-44-45-47-48-50-52-54-56-58-60-62-64-66-68-70-72-74-76-78-85(88)92-82-84(83-94-96(90,91)93-81-80-87(3,4)5)95-86(89)79-77-75-73-71-69-67-65-63-61-59-57-55-53-51-49-46-39-37-35-33-31-29-27-25-23-21-19-17-15-13-11-9-7-2/h18-21,24-27,31,33,84H,6-17,22-23,28-30,32,34-83H2,1-5H3/p+1/b20-18-,21-19-,26-24-,27-25-,33-31-. The van der Waals surface area contributed by atoms with Gasteiger partial charge in [-0.05, 0) is 83.5 Å². The van der Waals surface area contributed by atoms with Crippen LogP contribution >= 0.6 is 7.82 Å². The lowest BCUT2D eigenvalue weighted by atomic mass is 10.0. The first-order chi connectivity index (χ1) is 47.0. The molecule has 0 aliphatic rings. The lowest BCUT2D eigenvalue weighted by molar-refractivity contribution is -0.870. The maximum atomic E-state index is 12.9. The van der Waals surface area contributed by atoms with Gasteiger partial charge in [-0.3, -0.25) is 18.6 Å². The van der Waals surface area contributed by atoms with E-state index in [1.165, 1.54) is 340 Å². The van der Waals surface area contributed by atoms with Crippen LogP contribution in [0, 0.1) is 0 Å². The van der Waals surface area contributed by atoms with Crippen molar-refractivity contribution in [2.75, 3.05) is 47.5 Å². The molecule has 2 unspecified atom stereocenters. The molecule has 564 valence electrons. The van der Waals surface area contributed by atoms with Gasteiger partial charge >= 0.3 is 19.8 Å². The predicted octanol–water partition coefficient (Wildman–Crippen LogP) is 28.1. The zero-order chi connectivity index (χ0) is 69.7. The van der Waals surface area contributed by atoms with Gasteiger partial charge in [-0.25, -0.2) is 4.57 Å². The summed E-state index contributed by atoms with van der Waals surface area (Å²) in [4.78, 5) is 36.0. The molecule has 0 rings (SSSR count). The minimum absolute atomic E-state index is 0.0339. The Bertz CT molecular complexity index is 1800. The van der Waals surface area contributed by atoms with Gasteiger partial charge in [0.15, 0.2) is 6.10 Å². The molecule has 9 nitrogen and oxygen atoms in total. The third-order valence-electron chi connectivity index (χ3n) is 19.0.